The molecule has 0 unspecified atom stereocenters. The van der Waals surface area contributed by atoms with Gasteiger partial charge in [-0.25, -0.2) is 9.59 Å². The zero-order chi connectivity index (χ0) is 32.4. The van der Waals surface area contributed by atoms with Crippen LogP contribution in [0.1, 0.15) is 97.3 Å². The molecule has 2 amide bonds. The molecule has 1 aliphatic rings. The van der Waals surface area contributed by atoms with Gasteiger partial charge in [0.05, 0.1) is 12.5 Å². The van der Waals surface area contributed by atoms with Crippen LogP contribution in [0.5, 0.6) is 0 Å². The maximum absolute atomic E-state index is 14.3. The molecule has 11 heteroatoms. The van der Waals surface area contributed by atoms with E-state index < -0.39 is 52.6 Å². The number of alkyl carbamates (subject to hydrolysis) is 1. The summed E-state index contributed by atoms with van der Waals surface area (Å²) in [5.74, 6) is -3.60. The van der Waals surface area contributed by atoms with Crippen molar-refractivity contribution in [3.05, 3.63) is 35.9 Å². The number of ketones is 1. The summed E-state index contributed by atoms with van der Waals surface area (Å²) in [6, 6.07) is 7.58. The number of Topliss-reactive ketones (excluding diaryl/α,β-unsaturated/α-hetero) is 1. The summed E-state index contributed by atoms with van der Waals surface area (Å²) in [6.45, 7) is 12.7. The first-order valence-electron chi connectivity index (χ1n) is 15.0. The van der Waals surface area contributed by atoms with Crippen LogP contribution in [0, 0.1) is 5.92 Å². The topological polar surface area (TPSA) is 154 Å². The van der Waals surface area contributed by atoms with E-state index in [4.69, 9.17) is 19.9 Å². The maximum atomic E-state index is 14.3. The number of benzene rings is 1. The number of unbranched alkanes of at least 4 members (excludes halogenated alkanes) is 1. The van der Waals surface area contributed by atoms with E-state index in [0.29, 0.717) is 31.2 Å². The van der Waals surface area contributed by atoms with E-state index >= 15 is 0 Å². The highest BCUT2D eigenvalue weighted by atomic mass is 16.6. The van der Waals surface area contributed by atoms with Crippen molar-refractivity contribution in [1.82, 2.24) is 10.2 Å². The molecular formula is C32H49N3O8. The Hall–Kier alpha value is -3.47. The highest BCUT2D eigenvalue weighted by Crippen LogP contribution is 2.33. The number of hydrogen-bond donors (Lipinski definition) is 2. The summed E-state index contributed by atoms with van der Waals surface area (Å²) in [4.78, 5) is 67.6. The van der Waals surface area contributed by atoms with Gasteiger partial charge in [-0.1, -0.05) is 30.3 Å². The van der Waals surface area contributed by atoms with E-state index in [-0.39, 0.29) is 38.3 Å². The van der Waals surface area contributed by atoms with Crippen LogP contribution in [0.3, 0.4) is 0 Å². The molecule has 43 heavy (non-hydrogen) atoms. The van der Waals surface area contributed by atoms with Crippen molar-refractivity contribution in [2.24, 2.45) is 11.7 Å². The molecule has 1 fully saturated rings. The van der Waals surface area contributed by atoms with E-state index in [0.717, 1.165) is 0 Å². The van der Waals surface area contributed by atoms with Gasteiger partial charge < -0.3 is 30.2 Å². The Morgan fingerprint density at radius 2 is 1.60 bits per heavy atom. The molecule has 2 rings (SSSR count). The third kappa shape index (κ3) is 10.9. The van der Waals surface area contributed by atoms with Gasteiger partial charge in [-0.05, 0) is 80.6 Å². The Kier molecular flexibility index (Phi) is 12.7. The molecular weight excluding hydrogens is 554 g/mol. The van der Waals surface area contributed by atoms with Gasteiger partial charge >= 0.3 is 18.0 Å². The average molecular weight is 604 g/mol. The van der Waals surface area contributed by atoms with Crippen LogP contribution in [0.4, 0.5) is 4.79 Å². The molecule has 0 aliphatic carbocycles. The second kappa shape index (κ2) is 15.3. The third-order valence-electron chi connectivity index (χ3n) is 6.95. The van der Waals surface area contributed by atoms with Crippen molar-refractivity contribution in [2.45, 2.75) is 110 Å². The minimum absolute atomic E-state index is 0.00488. The van der Waals surface area contributed by atoms with E-state index in [9.17, 15) is 24.0 Å². The molecule has 1 aromatic rings. The number of hydrogen-bond acceptors (Lipinski definition) is 9. The first-order valence-corrected chi connectivity index (χ1v) is 15.0. The van der Waals surface area contributed by atoms with Crippen LogP contribution in [0.15, 0.2) is 30.3 Å². The van der Waals surface area contributed by atoms with Gasteiger partial charge in [0.15, 0.2) is 5.78 Å². The molecule has 1 saturated heterocycles. The summed E-state index contributed by atoms with van der Waals surface area (Å²) in [5, 5.41) is 2.68. The molecule has 0 spiro atoms. The number of nitrogens with one attached hydrogen (secondary N) is 1. The maximum Gasteiger partial charge on any atom is 0.407 e. The number of rotatable bonds is 13. The largest absolute Gasteiger partial charge is 0.466 e. The van der Waals surface area contributed by atoms with Gasteiger partial charge in [0.2, 0.25) is 5.91 Å². The summed E-state index contributed by atoms with van der Waals surface area (Å²) >= 11 is 0. The lowest BCUT2D eigenvalue weighted by molar-refractivity contribution is -0.166. The van der Waals surface area contributed by atoms with E-state index in [1.807, 2.05) is 0 Å². The number of nitrogens with two attached hydrogens (primary N) is 1. The first-order chi connectivity index (χ1) is 20.0. The molecule has 1 heterocycles. The van der Waals surface area contributed by atoms with Crippen molar-refractivity contribution >= 4 is 29.7 Å². The second-order valence-corrected chi connectivity index (χ2v) is 12.9. The molecule has 1 aliphatic heterocycles. The molecule has 1 aromatic carbocycles. The fourth-order valence-electron chi connectivity index (χ4n) is 5.02. The SMILES string of the molecule is CCOC(=O)[C@@H](CC(=O)c1ccccc1)[C@@](N)(CCCCNC(=O)OC(C)(C)C)C(=O)N1CCC[C@H]1C(=O)OC(C)(C)C. The normalized spacial score (nSPS) is 17.4. The minimum Gasteiger partial charge on any atom is -0.466 e. The number of ether oxygens (including phenoxy) is 3. The molecule has 0 saturated carbocycles. The molecule has 0 radical (unpaired) electrons. The van der Waals surface area contributed by atoms with Crippen LogP contribution >= 0.6 is 0 Å². The number of carbonyl (C=O) groups excluding carboxylic acids is 5. The Labute approximate surface area is 255 Å². The van der Waals surface area contributed by atoms with Crippen molar-refractivity contribution in [2.75, 3.05) is 19.7 Å². The van der Waals surface area contributed by atoms with Crippen LogP contribution in [0.25, 0.3) is 0 Å². The highest BCUT2D eigenvalue weighted by molar-refractivity contribution is 6.01. The van der Waals surface area contributed by atoms with Gasteiger partial charge in [0.25, 0.3) is 0 Å². The van der Waals surface area contributed by atoms with Gasteiger partial charge in [-0.15, -0.1) is 0 Å². The lowest BCUT2D eigenvalue weighted by atomic mass is 9.75. The molecule has 0 aromatic heterocycles. The number of amides is 2. The quantitative estimate of drug-likeness (QED) is 0.146. The number of likely N-dealkylation sites (tertiary alicyclic amines) is 1. The average Bonchev–Trinajstić information content (AvgIpc) is 3.39. The molecule has 11 nitrogen and oxygen atoms in total. The van der Waals surface area contributed by atoms with Crippen LogP contribution in [-0.2, 0) is 28.6 Å². The Morgan fingerprint density at radius 3 is 2.19 bits per heavy atom. The predicted molar refractivity (Wildman–Crippen MR) is 161 cm³/mol. The minimum atomic E-state index is -1.87. The van der Waals surface area contributed by atoms with E-state index in [1.165, 1.54) is 4.90 Å². The lowest BCUT2D eigenvalue weighted by Gasteiger charge is -2.39. The zero-order valence-electron chi connectivity index (χ0n) is 26.7. The van der Waals surface area contributed by atoms with Gasteiger partial charge in [0.1, 0.15) is 22.8 Å². The number of nitrogens with zero attached hydrogens (tertiary/aromatic N) is 1. The monoisotopic (exact) mass is 603 g/mol. The Morgan fingerprint density at radius 1 is 0.977 bits per heavy atom. The van der Waals surface area contributed by atoms with Gasteiger partial charge in [-0.3, -0.25) is 14.4 Å². The summed E-state index contributed by atoms with van der Waals surface area (Å²) < 4.78 is 16.2. The van der Waals surface area contributed by atoms with Crippen molar-refractivity contribution < 1.29 is 38.2 Å². The van der Waals surface area contributed by atoms with Gasteiger partial charge in [0, 0.05) is 25.1 Å². The Bertz CT molecular complexity index is 1130. The fourth-order valence-corrected chi connectivity index (χ4v) is 5.02. The zero-order valence-corrected chi connectivity index (χ0v) is 26.7. The van der Waals surface area contributed by atoms with E-state index in [2.05, 4.69) is 5.32 Å². The summed E-state index contributed by atoms with van der Waals surface area (Å²) in [6.07, 6.45) is 0.776. The highest BCUT2D eigenvalue weighted by Gasteiger charge is 2.52. The lowest BCUT2D eigenvalue weighted by Crippen LogP contribution is -2.63. The number of carbonyl (C=O) groups is 5. The molecule has 240 valence electrons. The van der Waals surface area contributed by atoms with Crippen LogP contribution in [0.2, 0.25) is 0 Å². The van der Waals surface area contributed by atoms with Crippen molar-refractivity contribution in [1.29, 1.82) is 0 Å². The van der Waals surface area contributed by atoms with E-state index in [1.54, 1.807) is 78.8 Å². The second-order valence-electron chi connectivity index (χ2n) is 12.9. The van der Waals surface area contributed by atoms with Crippen LogP contribution < -0.4 is 11.1 Å². The Balaban J connectivity index is 2.37. The number of esters is 2. The van der Waals surface area contributed by atoms with Crippen LogP contribution in [-0.4, -0.2) is 77.1 Å². The summed E-state index contributed by atoms with van der Waals surface area (Å²) in [7, 11) is 0. The fraction of sp³-hybridized carbons (Fsp3) is 0.656. The third-order valence-corrected chi connectivity index (χ3v) is 6.95. The molecule has 0 bridgehead atoms. The van der Waals surface area contributed by atoms with Gasteiger partial charge in [-0.2, -0.15) is 0 Å². The first kappa shape index (κ1) is 35.7. The molecule has 3 N–H and O–H groups in total. The predicted octanol–water partition coefficient (Wildman–Crippen LogP) is 4.16. The standard InChI is InChI=1S/C32H49N3O8/c1-8-41-26(37)23(21-25(36)22-15-10-9-11-16-22)32(33,18-12-13-19-34-29(40)43-31(5,6)7)28(39)35-20-14-17-24(35)27(38)42-30(2,3)4/h9-11,15-16,23-24H,8,12-14,17-21,33H2,1-7H3,(H,34,40)/t23-,24+,32+/m1/s1. The molecule has 3 atom stereocenters. The van der Waals surface area contributed by atoms with Crippen molar-refractivity contribution in [3.63, 3.8) is 0 Å². The smallest absolute Gasteiger partial charge is 0.407 e. The van der Waals surface area contributed by atoms with Crippen molar-refractivity contribution in [3.8, 4) is 0 Å². The summed E-state index contributed by atoms with van der Waals surface area (Å²) in [5.41, 5.74) is 4.03.